The molecule has 2 amide bonds. The number of esters is 1. The quantitative estimate of drug-likeness (QED) is 0.115. The van der Waals surface area contributed by atoms with Crippen LogP contribution in [-0.2, 0) is 26.4 Å². The summed E-state index contributed by atoms with van der Waals surface area (Å²) in [5, 5.41) is 15.5. The number of piperidine rings is 1. The smallest absolute Gasteiger partial charge is 0.338 e. The van der Waals surface area contributed by atoms with Crippen molar-refractivity contribution < 1.29 is 33.2 Å². The first kappa shape index (κ1) is 34.4. The third-order valence-corrected chi connectivity index (χ3v) is 10.6. The van der Waals surface area contributed by atoms with E-state index in [1.54, 1.807) is 24.3 Å². The molecule has 0 aromatic heterocycles. The van der Waals surface area contributed by atoms with Gasteiger partial charge in [0, 0.05) is 47.4 Å². The van der Waals surface area contributed by atoms with Gasteiger partial charge in [0.05, 0.1) is 35.1 Å². The zero-order chi connectivity index (χ0) is 36.2. The van der Waals surface area contributed by atoms with Crippen molar-refractivity contribution in [1.82, 2.24) is 4.90 Å². The molecule has 0 unspecified atom stereocenters. The molecular weight excluding hydrogens is 702 g/mol. The minimum absolute atomic E-state index is 0.0316. The number of carbonyl (C=O) groups excluding carboxylic acids is 3. The lowest BCUT2D eigenvalue weighted by Crippen LogP contribution is -2.53. The van der Waals surface area contributed by atoms with Crippen LogP contribution in [0.15, 0.2) is 78.9 Å². The van der Waals surface area contributed by atoms with E-state index in [2.05, 4.69) is 5.32 Å². The van der Waals surface area contributed by atoms with E-state index >= 15 is 9.18 Å². The van der Waals surface area contributed by atoms with Gasteiger partial charge in [-0.05, 0) is 66.9 Å². The number of amides is 2. The number of anilines is 2. The maximum absolute atomic E-state index is 16.4. The number of hydrogen-bond acceptors (Lipinski definition) is 8. The molecule has 4 atom stereocenters. The van der Waals surface area contributed by atoms with Gasteiger partial charge < -0.3 is 19.7 Å². The molecule has 7 rings (SSSR count). The molecule has 3 aliphatic rings. The van der Waals surface area contributed by atoms with Crippen LogP contribution in [0.4, 0.5) is 21.5 Å². The van der Waals surface area contributed by atoms with Crippen molar-refractivity contribution in [3.8, 4) is 5.75 Å². The number of benzene rings is 4. The van der Waals surface area contributed by atoms with Gasteiger partial charge >= 0.3 is 5.97 Å². The molecule has 0 radical (unpaired) electrons. The number of fused-ring (bicyclic) bond motifs is 3. The van der Waals surface area contributed by atoms with E-state index in [0.29, 0.717) is 28.6 Å². The van der Waals surface area contributed by atoms with Crippen molar-refractivity contribution in [2.24, 2.45) is 5.92 Å². The van der Waals surface area contributed by atoms with Crippen LogP contribution in [0.2, 0.25) is 10.0 Å². The Morgan fingerprint density at radius 2 is 1.86 bits per heavy atom. The van der Waals surface area contributed by atoms with E-state index in [9.17, 15) is 19.7 Å². The van der Waals surface area contributed by atoms with E-state index in [-0.39, 0.29) is 41.3 Å². The average Bonchev–Trinajstić information content (AvgIpc) is 3.56. The second-order valence-corrected chi connectivity index (χ2v) is 13.4. The second-order valence-electron chi connectivity index (χ2n) is 12.6. The molecule has 11 nitrogen and oxygen atoms in total. The van der Waals surface area contributed by atoms with Crippen LogP contribution >= 0.6 is 23.2 Å². The molecule has 2 fully saturated rings. The van der Waals surface area contributed by atoms with Crippen LogP contribution in [0, 0.1) is 21.8 Å². The highest BCUT2D eigenvalue weighted by Crippen LogP contribution is 2.62. The fraction of sp³-hybridized carbons (Fsp3) is 0.270. The summed E-state index contributed by atoms with van der Waals surface area (Å²) < 4.78 is 26.9. The Hall–Kier alpha value is -5.04. The van der Waals surface area contributed by atoms with Gasteiger partial charge in [0.25, 0.3) is 5.69 Å². The van der Waals surface area contributed by atoms with Gasteiger partial charge in [0.15, 0.2) is 0 Å². The molecule has 3 aliphatic heterocycles. The summed E-state index contributed by atoms with van der Waals surface area (Å²) >= 11 is 12.8. The fourth-order valence-corrected chi connectivity index (χ4v) is 8.45. The number of methoxy groups -OCH3 is 1. The Balaban J connectivity index is 1.46. The molecule has 3 heterocycles. The van der Waals surface area contributed by atoms with E-state index in [1.807, 2.05) is 36.1 Å². The summed E-state index contributed by atoms with van der Waals surface area (Å²) in [7, 11) is 1.16. The molecular formula is C37H31Cl2FN4O7. The lowest BCUT2D eigenvalue weighted by molar-refractivity contribution is -0.384. The lowest BCUT2D eigenvalue weighted by Gasteiger charge is -2.40. The number of rotatable bonds is 8. The van der Waals surface area contributed by atoms with Crippen molar-refractivity contribution in [3.63, 3.8) is 0 Å². The first-order valence-corrected chi connectivity index (χ1v) is 17.0. The monoisotopic (exact) mass is 732 g/mol. The van der Waals surface area contributed by atoms with Gasteiger partial charge in [0.2, 0.25) is 11.8 Å². The molecule has 4 aromatic carbocycles. The lowest BCUT2D eigenvalue weighted by atomic mass is 9.70. The number of likely N-dealkylation sites (tertiary alicyclic amines) is 1. The molecule has 0 aliphatic carbocycles. The molecule has 2 saturated heterocycles. The molecule has 1 N–H and O–H groups in total. The SMILES string of the molecule is CCOc1cccc(CN2[C@H]3CCN(c4ccc(C(=O)OC)cc4[N+](=O)[O-])C(=O)[C@H]3[C@H](c3cccc(Cl)c3F)[C@]23C(=O)Nc2cc(Cl)ccc23)c1. The van der Waals surface area contributed by atoms with Gasteiger partial charge in [0.1, 0.15) is 22.8 Å². The standard InChI is InChI=1S/C37H31Cl2FN4O7/c1-3-51-23-7-4-6-20(16-23)19-43-29-14-15-42(28-13-10-21(35(46)50-2)17-30(28)44(48)49)34(45)31(29)32(24-8-5-9-26(39)33(24)40)37(43)25-12-11-22(38)18-27(25)41-36(37)47/h4-13,16-18,29,31-32H,3,14-15,19H2,1-2H3,(H,41,47)/t29-,31+,32-,37+/m0/s1. The van der Waals surface area contributed by atoms with Gasteiger partial charge in [-0.2, -0.15) is 0 Å². The number of nitrogens with one attached hydrogen (secondary N) is 1. The van der Waals surface area contributed by atoms with Crippen LogP contribution in [0.1, 0.15) is 46.3 Å². The summed E-state index contributed by atoms with van der Waals surface area (Å²) in [5.74, 6) is -4.21. The molecule has 262 valence electrons. The number of halogens is 3. The summed E-state index contributed by atoms with van der Waals surface area (Å²) in [6.45, 7) is 2.50. The molecule has 0 bridgehead atoms. The Morgan fingerprint density at radius 1 is 1.08 bits per heavy atom. The van der Waals surface area contributed by atoms with Crippen LogP contribution in [0.25, 0.3) is 0 Å². The van der Waals surface area contributed by atoms with Crippen molar-refractivity contribution in [1.29, 1.82) is 0 Å². The molecule has 0 saturated carbocycles. The molecule has 4 aromatic rings. The summed E-state index contributed by atoms with van der Waals surface area (Å²) in [6.07, 6.45) is 0.258. The third-order valence-electron chi connectivity index (χ3n) is 10.0. The summed E-state index contributed by atoms with van der Waals surface area (Å²) in [5.41, 5.74) is -0.472. The second kappa shape index (κ2) is 13.3. The number of ether oxygens (including phenoxy) is 2. The van der Waals surface area contributed by atoms with E-state index in [0.717, 1.165) is 18.7 Å². The minimum atomic E-state index is -1.64. The maximum Gasteiger partial charge on any atom is 0.338 e. The maximum atomic E-state index is 16.4. The summed E-state index contributed by atoms with van der Waals surface area (Å²) in [4.78, 5) is 57.0. The number of nitro benzene ring substituents is 1. The van der Waals surface area contributed by atoms with Crippen molar-refractivity contribution in [3.05, 3.63) is 127 Å². The minimum Gasteiger partial charge on any atom is -0.494 e. The summed E-state index contributed by atoms with van der Waals surface area (Å²) in [6, 6.07) is 19.9. The van der Waals surface area contributed by atoms with E-state index in [1.165, 1.54) is 29.2 Å². The first-order valence-electron chi connectivity index (χ1n) is 16.2. The van der Waals surface area contributed by atoms with Crippen LogP contribution in [0.3, 0.4) is 0 Å². The topological polar surface area (TPSA) is 131 Å². The van der Waals surface area contributed by atoms with Crippen molar-refractivity contribution >= 4 is 58.0 Å². The van der Waals surface area contributed by atoms with Gasteiger partial charge in [-0.25, -0.2) is 9.18 Å². The highest BCUT2D eigenvalue weighted by Gasteiger charge is 2.69. The Labute approximate surface area is 302 Å². The van der Waals surface area contributed by atoms with Crippen LogP contribution < -0.4 is 15.0 Å². The highest BCUT2D eigenvalue weighted by molar-refractivity contribution is 6.31. The predicted molar refractivity (Wildman–Crippen MR) is 188 cm³/mol. The number of carbonyl (C=O) groups is 3. The number of nitro groups is 1. The number of hydrogen-bond donors (Lipinski definition) is 1. The van der Waals surface area contributed by atoms with Crippen LogP contribution in [-0.4, -0.2) is 53.9 Å². The van der Waals surface area contributed by atoms with Crippen LogP contribution in [0.5, 0.6) is 5.75 Å². The normalized spacial score (nSPS) is 22.5. The third kappa shape index (κ3) is 5.49. The van der Waals surface area contributed by atoms with E-state index < -0.39 is 57.6 Å². The Morgan fingerprint density at radius 3 is 2.61 bits per heavy atom. The molecule has 14 heteroatoms. The first-order chi connectivity index (χ1) is 24.5. The fourth-order valence-electron chi connectivity index (χ4n) is 8.10. The van der Waals surface area contributed by atoms with Gasteiger partial charge in [-0.3, -0.25) is 24.6 Å². The zero-order valence-electron chi connectivity index (χ0n) is 27.4. The highest BCUT2D eigenvalue weighted by atomic mass is 35.5. The van der Waals surface area contributed by atoms with Crippen molar-refractivity contribution in [2.45, 2.75) is 37.4 Å². The van der Waals surface area contributed by atoms with Gasteiger partial charge in [-0.15, -0.1) is 0 Å². The largest absolute Gasteiger partial charge is 0.494 e. The zero-order valence-corrected chi connectivity index (χ0v) is 28.9. The number of nitrogens with zero attached hydrogens (tertiary/aromatic N) is 3. The van der Waals surface area contributed by atoms with E-state index in [4.69, 9.17) is 32.7 Å². The Kier molecular flexibility index (Phi) is 8.94. The Bertz CT molecular complexity index is 2120. The van der Waals surface area contributed by atoms with Gasteiger partial charge in [-0.1, -0.05) is 53.5 Å². The van der Waals surface area contributed by atoms with Crippen molar-refractivity contribution in [2.75, 3.05) is 30.5 Å². The molecule has 51 heavy (non-hydrogen) atoms. The molecule has 1 spiro atoms. The predicted octanol–water partition coefficient (Wildman–Crippen LogP) is 7.09. The average molecular weight is 734 g/mol.